The van der Waals surface area contributed by atoms with Crippen molar-refractivity contribution in [3.05, 3.63) is 59.2 Å². The Morgan fingerprint density at radius 3 is 2.64 bits per heavy atom. The third-order valence-electron chi connectivity index (χ3n) is 6.35. The Hall–Kier alpha value is -2.88. The van der Waals surface area contributed by atoms with E-state index in [1.807, 2.05) is 38.1 Å². The molecular weight excluding hydrogens is 500 g/mol. The van der Waals surface area contributed by atoms with Crippen LogP contribution < -0.4 is 15.4 Å². The van der Waals surface area contributed by atoms with Gasteiger partial charge in [0.15, 0.2) is 0 Å². The van der Waals surface area contributed by atoms with Crippen molar-refractivity contribution in [2.24, 2.45) is 5.92 Å². The third kappa shape index (κ3) is 5.91. The Balaban J connectivity index is 1.26. The number of anilines is 1. The number of piperidine rings is 1. The average Bonchev–Trinajstić information content (AvgIpc) is 2.87. The molecule has 8 nitrogen and oxygen atoms in total. The van der Waals surface area contributed by atoms with Crippen LogP contribution in [0.15, 0.2) is 53.6 Å². The predicted molar refractivity (Wildman–Crippen MR) is 142 cm³/mol. The summed E-state index contributed by atoms with van der Waals surface area (Å²) in [5, 5.41) is 7.90. The zero-order valence-electron chi connectivity index (χ0n) is 20.5. The molecular formula is C26H31ClN4O4S. The van der Waals surface area contributed by atoms with Gasteiger partial charge in [-0.1, -0.05) is 11.6 Å². The number of pyridine rings is 1. The van der Waals surface area contributed by atoms with E-state index in [9.17, 15) is 13.2 Å². The summed E-state index contributed by atoms with van der Waals surface area (Å²) < 4.78 is 33.2. The van der Waals surface area contributed by atoms with Crippen LogP contribution in [0.1, 0.15) is 25.3 Å². The second-order valence-electron chi connectivity index (χ2n) is 8.78. The molecule has 0 spiro atoms. The molecule has 2 aromatic carbocycles. The van der Waals surface area contributed by atoms with Crippen molar-refractivity contribution < 1.29 is 17.9 Å². The van der Waals surface area contributed by atoms with Crippen molar-refractivity contribution in [1.29, 1.82) is 0 Å². The highest BCUT2D eigenvalue weighted by atomic mass is 35.5. The Kier molecular flexibility index (Phi) is 8.33. The molecule has 0 aliphatic carbocycles. The minimum absolute atomic E-state index is 0.0443. The van der Waals surface area contributed by atoms with Crippen molar-refractivity contribution in [2.75, 3.05) is 38.1 Å². The lowest BCUT2D eigenvalue weighted by Crippen LogP contribution is -2.43. The molecule has 1 aliphatic heterocycles. The first-order valence-electron chi connectivity index (χ1n) is 12.1. The number of nitrogens with one attached hydrogen (secondary N) is 2. The van der Waals surface area contributed by atoms with Gasteiger partial charge in [0.1, 0.15) is 5.75 Å². The molecule has 192 valence electrons. The van der Waals surface area contributed by atoms with Gasteiger partial charge >= 0.3 is 0 Å². The van der Waals surface area contributed by atoms with Crippen LogP contribution in [-0.2, 0) is 14.8 Å². The van der Waals surface area contributed by atoms with Crippen LogP contribution in [0.3, 0.4) is 0 Å². The Morgan fingerprint density at radius 1 is 1.14 bits per heavy atom. The molecule has 1 fully saturated rings. The molecule has 4 rings (SSSR count). The molecule has 1 aliphatic rings. The van der Waals surface area contributed by atoms with E-state index in [-0.39, 0.29) is 16.7 Å². The summed E-state index contributed by atoms with van der Waals surface area (Å²) in [6, 6.07) is 12.4. The largest absolute Gasteiger partial charge is 0.494 e. The van der Waals surface area contributed by atoms with E-state index in [4.69, 9.17) is 16.3 Å². The number of halogens is 1. The van der Waals surface area contributed by atoms with Gasteiger partial charge in [-0.2, -0.15) is 4.31 Å². The molecule has 1 saturated heterocycles. The van der Waals surface area contributed by atoms with Gasteiger partial charge in [-0.3, -0.25) is 9.78 Å². The van der Waals surface area contributed by atoms with Crippen molar-refractivity contribution >= 4 is 44.1 Å². The highest BCUT2D eigenvalue weighted by Crippen LogP contribution is 2.28. The van der Waals surface area contributed by atoms with Crippen molar-refractivity contribution in [3.8, 4) is 5.75 Å². The van der Waals surface area contributed by atoms with Gasteiger partial charge in [0.2, 0.25) is 15.9 Å². The van der Waals surface area contributed by atoms with E-state index < -0.39 is 10.0 Å². The summed E-state index contributed by atoms with van der Waals surface area (Å²) >= 11 is 6.05. The second-order valence-corrected chi connectivity index (χ2v) is 11.2. The molecule has 1 aromatic heterocycles. The molecule has 10 heteroatoms. The minimum Gasteiger partial charge on any atom is -0.494 e. The minimum atomic E-state index is -3.61. The summed E-state index contributed by atoms with van der Waals surface area (Å²) in [6.07, 6.45) is 2.70. The van der Waals surface area contributed by atoms with Crippen molar-refractivity contribution in [1.82, 2.24) is 14.6 Å². The van der Waals surface area contributed by atoms with Gasteiger partial charge in [0.05, 0.1) is 17.0 Å². The molecule has 0 saturated carbocycles. The number of carbonyl (C=O) groups excluding carboxylic acids is 1. The first kappa shape index (κ1) is 26.2. The lowest BCUT2D eigenvalue weighted by atomic mass is 9.97. The standard InChI is InChI=1S/C26H31ClN4O4S/c1-3-35-25-7-5-21(16-18(25)2)36(33,34)31-14-9-19(10-15-31)26(32)30-13-12-29-23-8-11-28-24-17-20(27)4-6-22(23)24/h4-8,11,16-17,19H,3,9-10,12-15H2,1-2H3,(H,28,29)(H,30,32). The fraction of sp³-hybridized carbons (Fsp3) is 0.385. The maximum Gasteiger partial charge on any atom is 0.243 e. The maximum atomic E-state index is 13.1. The van der Waals surface area contributed by atoms with Crippen LogP contribution in [0.25, 0.3) is 10.9 Å². The zero-order chi connectivity index (χ0) is 25.7. The SMILES string of the molecule is CCOc1ccc(S(=O)(=O)N2CCC(C(=O)NCCNc3ccnc4cc(Cl)ccc34)CC2)cc1C. The van der Waals surface area contributed by atoms with Gasteiger partial charge in [-0.25, -0.2) is 8.42 Å². The number of benzene rings is 2. The molecule has 0 unspecified atom stereocenters. The maximum absolute atomic E-state index is 13.1. The normalized spacial score (nSPS) is 15.1. The highest BCUT2D eigenvalue weighted by Gasteiger charge is 2.32. The van der Waals surface area contributed by atoms with Crippen LogP contribution >= 0.6 is 11.6 Å². The summed E-state index contributed by atoms with van der Waals surface area (Å²) in [6.45, 7) is 5.89. The Labute approximate surface area is 217 Å². The van der Waals surface area contributed by atoms with E-state index in [0.29, 0.717) is 56.4 Å². The molecule has 0 radical (unpaired) electrons. The highest BCUT2D eigenvalue weighted by molar-refractivity contribution is 7.89. The fourth-order valence-electron chi connectivity index (χ4n) is 4.41. The number of rotatable bonds is 9. The van der Waals surface area contributed by atoms with Gasteiger partial charge in [-0.05, 0) is 74.7 Å². The number of fused-ring (bicyclic) bond motifs is 1. The number of nitrogens with zero attached hydrogens (tertiary/aromatic N) is 2. The number of sulfonamides is 1. The third-order valence-corrected chi connectivity index (χ3v) is 8.48. The average molecular weight is 531 g/mol. The van der Waals surface area contributed by atoms with Gasteiger partial charge in [0.25, 0.3) is 0 Å². The quantitative estimate of drug-likeness (QED) is 0.402. The summed E-state index contributed by atoms with van der Waals surface area (Å²) in [5.41, 5.74) is 2.51. The first-order chi connectivity index (χ1) is 17.3. The monoisotopic (exact) mass is 530 g/mol. The summed E-state index contributed by atoms with van der Waals surface area (Å²) in [4.78, 5) is 17.3. The number of aromatic nitrogens is 1. The molecule has 2 heterocycles. The Bertz CT molecular complexity index is 1340. The zero-order valence-corrected chi connectivity index (χ0v) is 22.0. The number of carbonyl (C=O) groups is 1. The number of hydrogen-bond acceptors (Lipinski definition) is 6. The molecule has 1 amide bonds. The van der Waals surface area contributed by atoms with Gasteiger partial charge in [0, 0.05) is 54.4 Å². The molecule has 0 atom stereocenters. The van der Waals surface area contributed by atoms with Crippen LogP contribution in [0.5, 0.6) is 5.75 Å². The Morgan fingerprint density at radius 2 is 1.92 bits per heavy atom. The second kappa shape index (κ2) is 11.5. The van der Waals surface area contributed by atoms with E-state index >= 15 is 0 Å². The van der Waals surface area contributed by atoms with Gasteiger partial charge in [-0.15, -0.1) is 0 Å². The van der Waals surface area contributed by atoms with Crippen LogP contribution in [0, 0.1) is 12.8 Å². The van der Waals surface area contributed by atoms with Crippen molar-refractivity contribution in [2.45, 2.75) is 31.6 Å². The molecule has 0 bridgehead atoms. The summed E-state index contributed by atoms with van der Waals surface area (Å²) in [5.74, 6) is 0.433. The fourth-order valence-corrected chi connectivity index (χ4v) is 6.13. The van der Waals surface area contributed by atoms with E-state index in [1.54, 1.807) is 24.4 Å². The lowest BCUT2D eigenvalue weighted by Gasteiger charge is -2.30. The van der Waals surface area contributed by atoms with E-state index in [1.165, 1.54) is 4.31 Å². The number of aryl methyl sites for hydroxylation is 1. The number of amides is 1. The van der Waals surface area contributed by atoms with E-state index in [2.05, 4.69) is 15.6 Å². The molecule has 2 N–H and O–H groups in total. The molecule has 36 heavy (non-hydrogen) atoms. The predicted octanol–water partition coefficient (Wildman–Crippen LogP) is 4.22. The van der Waals surface area contributed by atoms with E-state index in [0.717, 1.165) is 22.2 Å². The van der Waals surface area contributed by atoms with Crippen LogP contribution in [0.4, 0.5) is 5.69 Å². The summed E-state index contributed by atoms with van der Waals surface area (Å²) in [7, 11) is -3.61. The van der Waals surface area contributed by atoms with Crippen LogP contribution in [0.2, 0.25) is 5.02 Å². The first-order valence-corrected chi connectivity index (χ1v) is 13.9. The smallest absolute Gasteiger partial charge is 0.243 e. The topological polar surface area (TPSA) is 101 Å². The van der Waals surface area contributed by atoms with Crippen molar-refractivity contribution in [3.63, 3.8) is 0 Å². The number of hydrogen-bond donors (Lipinski definition) is 2. The molecule has 3 aromatic rings. The van der Waals surface area contributed by atoms with Crippen LogP contribution in [-0.4, -0.2) is 56.4 Å². The lowest BCUT2D eigenvalue weighted by molar-refractivity contribution is -0.126. The number of ether oxygens (including phenoxy) is 1. The van der Waals surface area contributed by atoms with Gasteiger partial charge < -0.3 is 15.4 Å².